The van der Waals surface area contributed by atoms with Crippen molar-refractivity contribution in [3.8, 4) is 0 Å². The maximum atomic E-state index is 13.0. The summed E-state index contributed by atoms with van der Waals surface area (Å²) in [5.41, 5.74) is 1.18. The summed E-state index contributed by atoms with van der Waals surface area (Å²) >= 11 is 0. The molecule has 2 nitrogen and oxygen atoms in total. The van der Waals surface area contributed by atoms with E-state index < -0.39 is 5.95 Å². The quantitative estimate of drug-likeness (QED) is 0.808. The van der Waals surface area contributed by atoms with Gasteiger partial charge in [0.25, 0.3) is 0 Å². The van der Waals surface area contributed by atoms with Crippen LogP contribution >= 0.6 is 0 Å². The molecule has 0 aliphatic carbocycles. The lowest BCUT2D eigenvalue weighted by molar-refractivity contribution is 0.583. The van der Waals surface area contributed by atoms with Crippen LogP contribution in [0.2, 0.25) is 0 Å². The summed E-state index contributed by atoms with van der Waals surface area (Å²) < 4.78 is 13.0. The van der Waals surface area contributed by atoms with E-state index in [1.54, 1.807) is 12.1 Å². The molecule has 1 atom stereocenters. The average molecular weight is 230 g/mol. The van der Waals surface area contributed by atoms with Gasteiger partial charge in [-0.15, -0.1) is 0 Å². The van der Waals surface area contributed by atoms with Crippen molar-refractivity contribution in [3.05, 3.63) is 60.0 Å². The summed E-state index contributed by atoms with van der Waals surface area (Å²) in [7, 11) is 0. The molecule has 0 saturated carbocycles. The van der Waals surface area contributed by atoms with E-state index in [0.717, 1.165) is 6.42 Å². The third-order valence-corrected chi connectivity index (χ3v) is 2.65. The highest BCUT2D eigenvalue weighted by atomic mass is 19.1. The molecule has 2 rings (SSSR count). The van der Waals surface area contributed by atoms with Crippen molar-refractivity contribution < 1.29 is 4.39 Å². The molecule has 0 aliphatic heterocycles. The van der Waals surface area contributed by atoms with Gasteiger partial charge in [-0.2, -0.15) is 4.39 Å². The molecule has 2 aromatic rings. The number of aromatic nitrogens is 1. The summed E-state index contributed by atoms with van der Waals surface area (Å²) in [6.07, 6.45) is 0.919. The van der Waals surface area contributed by atoms with Crippen LogP contribution < -0.4 is 5.32 Å². The summed E-state index contributed by atoms with van der Waals surface area (Å²) in [4.78, 5) is 3.81. The second-order valence-electron chi connectivity index (χ2n) is 3.86. The molecule has 17 heavy (non-hydrogen) atoms. The summed E-state index contributed by atoms with van der Waals surface area (Å²) in [6.45, 7) is 2.09. The molecule has 0 fully saturated rings. The lowest BCUT2D eigenvalue weighted by Crippen LogP contribution is -2.10. The molecule has 0 bridgehead atoms. The number of pyridine rings is 1. The number of halogens is 1. The molecule has 3 heteroatoms. The number of benzene rings is 1. The fraction of sp³-hybridized carbons (Fsp3) is 0.214. The van der Waals surface area contributed by atoms with Crippen LogP contribution in [0, 0.1) is 5.95 Å². The molecule has 0 saturated heterocycles. The van der Waals surface area contributed by atoms with Gasteiger partial charge in [-0.3, -0.25) is 0 Å². The molecular formula is C14H15FN2. The number of hydrogen-bond donors (Lipinski definition) is 1. The van der Waals surface area contributed by atoms with Crippen LogP contribution in [0.3, 0.4) is 0 Å². The Balaban J connectivity index is 2.16. The Morgan fingerprint density at radius 3 is 2.53 bits per heavy atom. The van der Waals surface area contributed by atoms with Gasteiger partial charge in [-0.25, -0.2) is 4.98 Å². The third kappa shape index (κ3) is 3.03. The van der Waals surface area contributed by atoms with Gasteiger partial charge in [0, 0.05) is 0 Å². The number of hydrogen-bond acceptors (Lipinski definition) is 2. The smallest absolute Gasteiger partial charge is 0.214 e. The Bertz CT molecular complexity index is 471. The van der Waals surface area contributed by atoms with Gasteiger partial charge in [0.1, 0.15) is 5.82 Å². The van der Waals surface area contributed by atoms with Crippen LogP contribution in [0.25, 0.3) is 0 Å². The van der Waals surface area contributed by atoms with E-state index in [0.29, 0.717) is 5.82 Å². The predicted octanol–water partition coefficient (Wildman–Crippen LogP) is 3.78. The van der Waals surface area contributed by atoms with Crippen LogP contribution in [0.4, 0.5) is 10.2 Å². The molecule has 1 N–H and O–H groups in total. The zero-order valence-electron chi connectivity index (χ0n) is 9.73. The van der Waals surface area contributed by atoms with Crippen molar-refractivity contribution in [3.63, 3.8) is 0 Å². The van der Waals surface area contributed by atoms with E-state index in [-0.39, 0.29) is 6.04 Å². The summed E-state index contributed by atoms with van der Waals surface area (Å²) in [5.74, 6) is 0.110. The summed E-state index contributed by atoms with van der Waals surface area (Å²) in [6, 6.07) is 15.0. The highest BCUT2D eigenvalue weighted by Crippen LogP contribution is 2.20. The van der Waals surface area contributed by atoms with E-state index in [1.165, 1.54) is 11.6 Å². The molecule has 0 radical (unpaired) electrons. The number of anilines is 1. The van der Waals surface area contributed by atoms with Crippen molar-refractivity contribution in [1.29, 1.82) is 0 Å². The first kappa shape index (κ1) is 11.6. The largest absolute Gasteiger partial charge is 0.363 e. The maximum absolute atomic E-state index is 13.0. The highest BCUT2D eigenvalue weighted by Gasteiger charge is 2.09. The lowest BCUT2D eigenvalue weighted by Gasteiger charge is -2.17. The number of nitrogens with zero attached hydrogens (tertiary/aromatic N) is 1. The van der Waals surface area contributed by atoms with Gasteiger partial charge in [-0.1, -0.05) is 43.3 Å². The van der Waals surface area contributed by atoms with E-state index in [2.05, 4.69) is 29.4 Å². The standard InChI is InChI=1S/C14H15FN2/c1-2-12(11-7-4-3-5-8-11)16-14-10-6-9-13(15)17-14/h3-10,12H,2H2,1H3,(H,16,17). The van der Waals surface area contributed by atoms with Gasteiger partial charge >= 0.3 is 0 Å². The minimum absolute atomic E-state index is 0.158. The molecule has 1 aromatic carbocycles. The second kappa shape index (κ2) is 5.43. The van der Waals surface area contributed by atoms with Gasteiger partial charge in [0.2, 0.25) is 5.95 Å². The zero-order chi connectivity index (χ0) is 12.1. The molecule has 1 unspecified atom stereocenters. The predicted molar refractivity (Wildman–Crippen MR) is 67.3 cm³/mol. The third-order valence-electron chi connectivity index (χ3n) is 2.65. The van der Waals surface area contributed by atoms with Crippen LogP contribution in [-0.2, 0) is 0 Å². The van der Waals surface area contributed by atoms with Gasteiger partial charge in [0.15, 0.2) is 0 Å². The Hall–Kier alpha value is -1.90. The van der Waals surface area contributed by atoms with E-state index in [9.17, 15) is 4.39 Å². The van der Waals surface area contributed by atoms with Crippen LogP contribution in [0.15, 0.2) is 48.5 Å². The Morgan fingerprint density at radius 2 is 1.88 bits per heavy atom. The molecule has 0 aliphatic rings. The normalized spacial score (nSPS) is 12.1. The molecule has 1 aromatic heterocycles. The Morgan fingerprint density at radius 1 is 1.12 bits per heavy atom. The van der Waals surface area contributed by atoms with Crippen molar-refractivity contribution in [2.75, 3.05) is 5.32 Å². The lowest BCUT2D eigenvalue weighted by atomic mass is 10.0. The summed E-state index contributed by atoms with van der Waals surface area (Å²) in [5, 5.41) is 3.23. The van der Waals surface area contributed by atoms with Crippen molar-refractivity contribution >= 4 is 5.82 Å². The van der Waals surface area contributed by atoms with Crippen molar-refractivity contribution in [2.45, 2.75) is 19.4 Å². The first-order valence-electron chi connectivity index (χ1n) is 5.73. The molecule has 0 spiro atoms. The average Bonchev–Trinajstić information content (AvgIpc) is 2.37. The minimum Gasteiger partial charge on any atom is -0.363 e. The van der Waals surface area contributed by atoms with E-state index in [4.69, 9.17) is 0 Å². The first-order valence-corrected chi connectivity index (χ1v) is 5.73. The monoisotopic (exact) mass is 230 g/mol. The van der Waals surface area contributed by atoms with Gasteiger partial charge in [-0.05, 0) is 24.1 Å². The Kier molecular flexibility index (Phi) is 3.70. The van der Waals surface area contributed by atoms with Gasteiger partial charge in [0.05, 0.1) is 6.04 Å². The molecular weight excluding hydrogens is 215 g/mol. The topological polar surface area (TPSA) is 24.9 Å². The van der Waals surface area contributed by atoms with E-state index in [1.807, 2.05) is 18.2 Å². The van der Waals surface area contributed by atoms with Crippen LogP contribution in [0.1, 0.15) is 24.9 Å². The second-order valence-corrected chi connectivity index (χ2v) is 3.86. The SMILES string of the molecule is CCC(Nc1cccc(F)n1)c1ccccc1. The molecule has 88 valence electrons. The zero-order valence-corrected chi connectivity index (χ0v) is 9.73. The minimum atomic E-state index is -0.460. The number of rotatable bonds is 4. The Labute approximate surface area is 101 Å². The van der Waals surface area contributed by atoms with Crippen molar-refractivity contribution in [1.82, 2.24) is 4.98 Å². The maximum Gasteiger partial charge on any atom is 0.214 e. The fourth-order valence-corrected chi connectivity index (χ4v) is 1.77. The van der Waals surface area contributed by atoms with Gasteiger partial charge < -0.3 is 5.32 Å². The van der Waals surface area contributed by atoms with E-state index >= 15 is 0 Å². The molecule has 0 amide bonds. The van der Waals surface area contributed by atoms with Crippen molar-refractivity contribution in [2.24, 2.45) is 0 Å². The number of nitrogens with one attached hydrogen (secondary N) is 1. The van der Waals surface area contributed by atoms with Crippen LogP contribution in [-0.4, -0.2) is 4.98 Å². The first-order chi connectivity index (χ1) is 8.29. The molecule has 1 heterocycles. The fourth-order valence-electron chi connectivity index (χ4n) is 1.77. The highest BCUT2D eigenvalue weighted by molar-refractivity contribution is 5.37. The van der Waals surface area contributed by atoms with Crippen LogP contribution in [0.5, 0.6) is 0 Å².